The topological polar surface area (TPSA) is 66.8 Å². The molecule has 0 bridgehead atoms. The van der Waals surface area contributed by atoms with Crippen molar-refractivity contribution in [1.29, 1.82) is 0 Å². The van der Waals surface area contributed by atoms with Crippen molar-refractivity contribution in [1.82, 2.24) is 4.90 Å². The third-order valence-electron chi connectivity index (χ3n) is 3.81. The molecular formula is C13H19NO4. The lowest BCUT2D eigenvalue weighted by Gasteiger charge is -2.27. The molecule has 1 heterocycles. The lowest BCUT2D eigenvalue weighted by Crippen LogP contribution is -2.44. The van der Waals surface area contributed by atoms with Crippen LogP contribution in [0.15, 0.2) is 12.2 Å². The molecule has 0 radical (unpaired) electrons. The summed E-state index contributed by atoms with van der Waals surface area (Å²) in [6, 6.07) is -0.333. The number of carbonyl (C=O) groups excluding carboxylic acids is 1. The van der Waals surface area contributed by atoms with Crippen molar-refractivity contribution in [3.8, 4) is 0 Å². The normalized spacial score (nSPS) is 30.6. The van der Waals surface area contributed by atoms with Crippen molar-refractivity contribution < 1.29 is 19.4 Å². The number of nitrogens with zero attached hydrogens (tertiary/aromatic N) is 1. The van der Waals surface area contributed by atoms with Gasteiger partial charge in [-0.2, -0.15) is 0 Å². The summed E-state index contributed by atoms with van der Waals surface area (Å²) in [6.07, 6.45) is 6.69. The average molecular weight is 253 g/mol. The van der Waals surface area contributed by atoms with E-state index >= 15 is 0 Å². The van der Waals surface area contributed by atoms with E-state index in [0.29, 0.717) is 18.9 Å². The Morgan fingerprint density at radius 2 is 2.22 bits per heavy atom. The van der Waals surface area contributed by atoms with Crippen molar-refractivity contribution >= 4 is 11.9 Å². The number of amides is 1. The van der Waals surface area contributed by atoms with Gasteiger partial charge >= 0.3 is 5.97 Å². The van der Waals surface area contributed by atoms with E-state index < -0.39 is 11.9 Å². The van der Waals surface area contributed by atoms with Gasteiger partial charge in [0.15, 0.2) is 0 Å². The molecule has 100 valence electrons. The number of allylic oxidation sites excluding steroid dienone is 2. The van der Waals surface area contributed by atoms with Gasteiger partial charge in [-0.3, -0.25) is 9.59 Å². The minimum Gasteiger partial charge on any atom is -0.481 e. The summed E-state index contributed by atoms with van der Waals surface area (Å²) in [6.45, 7) is 0.515. The van der Waals surface area contributed by atoms with Crippen molar-refractivity contribution in [2.45, 2.75) is 25.3 Å². The Hall–Kier alpha value is -1.36. The third kappa shape index (κ3) is 2.72. The first kappa shape index (κ1) is 13.1. The Balaban J connectivity index is 1.93. The number of carbonyl (C=O) groups is 2. The molecule has 5 heteroatoms. The fourth-order valence-corrected chi connectivity index (χ4v) is 2.58. The monoisotopic (exact) mass is 253 g/mol. The number of rotatable bonds is 4. The molecule has 1 aliphatic carbocycles. The van der Waals surface area contributed by atoms with Crippen LogP contribution in [-0.4, -0.2) is 48.2 Å². The summed E-state index contributed by atoms with van der Waals surface area (Å²) in [7, 11) is 1.68. The van der Waals surface area contributed by atoms with Crippen LogP contribution in [0.1, 0.15) is 19.3 Å². The standard InChI is InChI=1S/C13H19NO4/c1-14(11-8-18-7-10(11)13(16)17)12(15)6-9-4-2-3-5-9/h2,4,9-11H,3,5-8H2,1H3,(H,16,17). The molecular weight excluding hydrogens is 234 g/mol. The van der Waals surface area contributed by atoms with E-state index in [-0.39, 0.29) is 18.6 Å². The largest absolute Gasteiger partial charge is 0.481 e. The first-order valence-corrected chi connectivity index (χ1v) is 6.32. The number of aliphatic carboxylic acids is 1. The number of hydrogen-bond donors (Lipinski definition) is 1. The van der Waals surface area contributed by atoms with Gasteiger partial charge in [0.1, 0.15) is 5.92 Å². The van der Waals surface area contributed by atoms with Crippen LogP contribution in [0.2, 0.25) is 0 Å². The number of likely N-dealkylation sites (N-methyl/N-ethyl adjacent to an activating group) is 1. The zero-order valence-electron chi connectivity index (χ0n) is 10.5. The number of ether oxygens (including phenoxy) is 1. The highest BCUT2D eigenvalue weighted by atomic mass is 16.5. The van der Waals surface area contributed by atoms with Gasteiger partial charge < -0.3 is 14.7 Å². The summed E-state index contributed by atoms with van der Waals surface area (Å²) in [5.41, 5.74) is 0. The van der Waals surface area contributed by atoms with Crippen LogP contribution in [0, 0.1) is 11.8 Å². The SMILES string of the molecule is CN(C(=O)CC1C=CCC1)C1COCC1C(=O)O. The molecule has 0 spiro atoms. The maximum atomic E-state index is 12.1. The number of carboxylic acid groups (broad SMARTS) is 1. The van der Waals surface area contributed by atoms with E-state index in [1.54, 1.807) is 11.9 Å². The van der Waals surface area contributed by atoms with E-state index in [4.69, 9.17) is 9.84 Å². The lowest BCUT2D eigenvalue weighted by atomic mass is 10.00. The second-order valence-electron chi connectivity index (χ2n) is 5.02. The van der Waals surface area contributed by atoms with Gasteiger partial charge in [0, 0.05) is 13.5 Å². The van der Waals surface area contributed by atoms with Gasteiger partial charge in [0.25, 0.3) is 0 Å². The van der Waals surface area contributed by atoms with E-state index in [9.17, 15) is 9.59 Å². The molecule has 1 N–H and O–H groups in total. The first-order chi connectivity index (χ1) is 8.59. The second-order valence-corrected chi connectivity index (χ2v) is 5.02. The summed E-state index contributed by atoms with van der Waals surface area (Å²) in [4.78, 5) is 24.7. The fourth-order valence-electron chi connectivity index (χ4n) is 2.58. The van der Waals surface area contributed by atoms with Gasteiger partial charge in [-0.05, 0) is 18.8 Å². The lowest BCUT2D eigenvalue weighted by molar-refractivity contribution is -0.144. The Morgan fingerprint density at radius 3 is 2.83 bits per heavy atom. The number of hydrogen-bond acceptors (Lipinski definition) is 3. The zero-order chi connectivity index (χ0) is 13.1. The van der Waals surface area contributed by atoms with Gasteiger partial charge in [-0.15, -0.1) is 0 Å². The maximum absolute atomic E-state index is 12.1. The van der Waals surface area contributed by atoms with Gasteiger partial charge in [-0.1, -0.05) is 12.2 Å². The highest BCUT2D eigenvalue weighted by molar-refractivity contribution is 5.78. The molecule has 3 unspecified atom stereocenters. The summed E-state index contributed by atoms with van der Waals surface area (Å²) < 4.78 is 5.18. The van der Waals surface area contributed by atoms with Crippen molar-refractivity contribution in [3.05, 3.63) is 12.2 Å². The fraction of sp³-hybridized carbons (Fsp3) is 0.692. The predicted octanol–water partition coefficient (Wildman–Crippen LogP) is 0.901. The predicted molar refractivity (Wildman–Crippen MR) is 65.0 cm³/mol. The molecule has 1 fully saturated rings. The minimum atomic E-state index is -0.891. The molecule has 0 saturated carbocycles. The van der Waals surface area contributed by atoms with Crippen LogP contribution in [0.25, 0.3) is 0 Å². The van der Waals surface area contributed by atoms with Gasteiger partial charge in [-0.25, -0.2) is 0 Å². The molecule has 3 atom stereocenters. The molecule has 1 saturated heterocycles. The third-order valence-corrected chi connectivity index (χ3v) is 3.81. The summed E-state index contributed by atoms with van der Waals surface area (Å²) in [5.74, 6) is -1.17. The van der Waals surface area contributed by atoms with Crippen LogP contribution in [-0.2, 0) is 14.3 Å². The van der Waals surface area contributed by atoms with Crippen LogP contribution >= 0.6 is 0 Å². The van der Waals surface area contributed by atoms with Crippen LogP contribution < -0.4 is 0 Å². The van der Waals surface area contributed by atoms with Gasteiger partial charge in [0.05, 0.1) is 19.3 Å². The van der Waals surface area contributed by atoms with E-state index in [2.05, 4.69) is 12.2 Å². The van der Waals surface area contributed by atoms with E-state index in [1.807, 2.05) is 0 Å². The Morgan fingerprint density at radius 1 is 1.44 bits per heavy atom. The molecule has 0 aromatic rings. The van der Waals surface area contributed by atoms with Crippen LogP contribution in [0.3, 0.4) is 0 Å². The Bertz CT molecular complexity index is 366. The van der Waals surface area contributed by atoms with E-state index in [0.717, 1.165) is 12.8 Å². The molecule has 18 heavy (non-hydrogen) atoms. The van der Waals surface area contributed by atoms with Crippen molar-refractivity contribution in [3.63, 3.8) is 0 Å². The Labute approximate surface area is 106 Å². The molecule has 0 aromatic carbocycles. The molecule has 2 aliphatic rings. The minimum absolute atomic E-state index is 0.00769. The maximum Gasteiger partial charge on any atom is 0.311 e. The van der Waals surface area contributed by atoms with Crippen LogP contribution in [0.5, 0.6) is 0 Å². The van der Waals surface area contributed by atoms with Gasteiger partial charge in [0.2, 0.25) is 5.91 Å². The summed E-state index contributed by atoms with van der Waals surface area (Å²) in [5, 5.41) is 9.07. The molecule has 0 aromatic heterocycles. The smallest absolute Gasteiger partial charge is 0.311 e. The Kier molecular flexibility index (Phi) is 4.01. The molecule has 1 aliphatic heterocycles. The van der Waals surface area contributed by atoms with Crippen molar-refractivity contribution in [2.24, 2.45) is 11.8 Å². The average Bonchev–Trinajstić information content (AvgIpc) is 2.97. The zero-order valence-corrected chi connectivity index (χ0v) is 10.5. The molecule has 2 rings (SSSR count). The highest BCUT2D eigenvalue weighted by Crippen LogP contribution is 2.24. The quantitative estimate of drug-likeness (QED) is 0.756. The summed E-state index contributed by atoms with van der Waals surface area (Å²) >= 11 is 0. The molecule has 1 amide bonds. The highest BCUT2D eigenvalue weighted by Gasteiger charge is 2.38. The first-order valence-electron chi connectivity index (χ1n) is 6.32. The second kappa shape index (κ2) is 5.52. The van der Waals surface area contributed by atoms with Crippen LogP contribution in [0.4, 0.5) is 0 Å². The molecule has 5 nitrogen and oxygen atoms in total. The van der Waals surface area contributed by atoms with E-state index in [1.165, 1.54) is 0 Å². The number of carboxylic acids is 1. The van der Waals surface area contributed by atoms with Crippen molar-refractivity contribution in [2.75, 3.05) is 20.3 Å².